The van der Waals surface area contributed by atoms with E-state index in [0.717, 1.165) is 12.1 Å². The standard InChI is InChI=1S/C11H15NO7/c1-6(2)10(17-7(3)13)18-11(16)19-12-8(14)4-5-9(12)15/h4-6,10,14-15H,1-3H3. The largest absolute Gasteiger partial charge is 0.537 e. The molecule has 0 radical (unpaired) electrons. The van der Waals surface area contributed by atoms with E-state index in [1.807, 2.05) is 0 Å². The van der Waals surface area contributed by atoms with Gasteiger partial charge in [0.25, 0.3) is 6.29 Å². The van der Waals surface area contributed by atoms with Crippen LogP contribution in [0.15, 0.2) is 12.1 Å². The van der Waals surface area contributed by atoms with Crippen molar-refractivity contribution in [2.24, 2.45) is 5.92 Å². The van der Waals surface area contributed by atoms with Crippen LogP contribution in [0.1, 0.15) is 20.8 Å². The Morgan fingerprint density at radius 3 is 2.11 bits per heavy atom. The number of nitrogens with zero attached hydrogens (tertiary/aromatic N) is 1. The van der Waals surface area contributed by atoms with Gasteiger partial charge in [0.15, 0.2) is 0 Å². The number of ether oxygens (including phenoxy) is 2. The Labute approximate surface area is 109 Å². The monoisotopic (exact) mass is 273 g/mol. The minimum absolute atomic E-state index is 0.289. The molecule has 8 nitrogen and oxygen atoms in total. The third kappa shape index (κ3) is 4.09. The Bertz CT molecular complexity index is 446. The van der Waals surface area contributed by atoms with Crippen molar-refractivity contribution in [2.45, 2.75) is 27.1 Å². The Morgan fingerprint density at radius 1 is 1.16 bits per heavy atom. The highest BCUT2D eigenvalue weighted by Crippen LogP contribution is 2.19. The lowest BCUT2D eigenvalue weighted by Gasteiger charge is -2.20. The van der Waals surface area contributed by atoms with Crippen LogP contribution >= 0.6 is 0 Å². The third-order valence-corrected chi connectivity index (χ3v) is 2.00. The average Bonchev–Trinajstić information content (AvgIpc) is 2.59. The lowest BCUT2D eigenvalue weighted by Crippen LogP contribution is -2.32. The van der Waals surface area contributed by atoms with E-state index in [4.69, 9.17) is 9.47 Å². The van der Waals surface area contributed by atoms with Crippen LogP contribution in [0.3, 0.4) is 0 Å². The molecule has 0 aliphatic rings. The number of aromatic nitrogens is 1. The van der Waals surface area contributed by atoms with Crippen LogP contribution in [-0.4, -0.2) is 33.4 Å². The average molecular weight is 273 g/mol. The van der Waals surface area contributed by atoms with Crippen LogP contribution in [-0.2, 0) is 14.3 Å². The fourth-order valence-corrected chi connectivity index (χ4v) is 1.15. The fourth-order valence-electron chi connectivity index (χ4n) is 1.15. The first-order valence-corrected chi connectivity index (χ1v) is 5.47. The molecule has 8 heteroatoms. The summed E-state index contributed by atoms with van der Waals surface area (Å²) >= 11 is 0. The maximum Gasteiger partial charge on any atom is 0.537 e. The van der Waals surface area contributed by atoms with Gasteiger partial charge in [-0.15, -0.1) is 4.73 Å². The lowest BCUT2D eigenvalue weighted by molar-refractivity contribution is -0.176. The number of rotatable bonds is 4. The number of aromatic hydroxyl groups is 2. The molecule has 1 atom stereocenters. The highest BCUT2D eigenvalue weighted by Gasteiger charge is 2.23. The van der Waals surface area contributed by atoms with E-state index < -0.39 is 30.2 Å². The van der Waals surface area contributed by atoms with Crippen molar-refractivity contribution in [3.05, 3.63) is 12.1 Å². The summed E-state index contributed by atoms with van der Waals surface area (Å²) in [6.07, 6.45) is -2.36. The zero-order valence-corrected chi connectivity index (χ0v) is 10.7. The Balaban J connectivity index is 2.65. The summed E-state index contributed by atoms with van der Waals surface area (Å²) < 4.78 is 9.99. The Kier molecular flexibility index (Phi) is 4.62. The van der Waals surface area contributed by atoms with Crippen molar-refractivity contribution < 1.29 is 34.1 Å². The summed E-state index contributed by atoms with van der Waals surface area (Å²) in [5.41, 5.74) is 0. The van der Waals surface area contributed by atoms with Gasteiger partial charge in [-0.3, -0.25) is 9.63 Å². The Hall–Kier alpha value is -2.38. The van der Waals surface area contributed by atoms with Crippen molar-refractivity contribution >= 4 is 12.1 Å². The fraction of sp³-hybridized carbons (Fsp3) is 0.455. The SMILES string of the molecule is CC(=O)OC(OC(=O)On1c(O)ccc1O)C(C)C. The number of hydrogen-bond donors (Lipinski definition) is 2. The van der Waals surface area contributed by atoms with Crippen molar-refractivity contribution in [3.8, 4) is 11.8 Å². The van der Waals surface area contributed by atoms with E-state index in [-0.39, 0.29) is 5.92 Å². The van der Waals surface area contributed by atoms with Crippen LogP contribution < -0.4 is 4.84 Å². The molecule has 0 aliphatic heterocycles. The predicted molar refractivity (Wildman–Crippen MR) is 61.2 cm³/mol. The molecular weight excluding hydrogens is 258 g/mol. The second kappa shape index (κ2) is 5.98. The Morgan fingerprint density at radius 2 is 1.68 bits per heavy atom. The molecule has 0 saturated carbocycles. The molecule has 1 rings (SSSR count). The van der Waals surface area contributed by atoms with E-state index >= 15 is 0 Å². The molecule has 19 heavy (non-hydrogen) atoms. The minimum Gasteiger partial charge on any atom is -0.492 e. The van der Waals surface area contributed by atoms with Crippen LogP contribution in [0, 0.1) is 5.92 Å². The van der Waals surface area contributed by atoms with Crippen molar-refractivity contribution in [3.63, 3.8) is 0 Å². The molecule has 0 spiro atoms. The molecule has 0 aliphatic carbocycles. The molecule has 0 saturated heterocycles. The van der Waals surface area contributed by atoms with Crippen LogP contribution in [0.5, 0.6) is 11.8 Å². The van der Waals surface area contributed by atoms with Crippen molar-refractivity contribution in [1.29, 1.82) is 0 Å². The predicted octanol–water partition coefficient (Wildman–Crippen LogP) is 1.01. The summed E-state index contributed by atoms with van der Waals surface area (Å²) in [6, 6.07) is 2.24. The topological polar surface area (TPSA) is 107 Å². The van der Waals surface area contributed by atoms with E-state index in [2.05, 4.69) is 4.84 Å². The highest BCUT2D eigenvalue weighted by molar-refractivity contribution is 5.66. The maximum atomic E-state index is 11.4. The van der Waals surface area contributed by atoms with Crippen LogP contribution in [0.2, 0.25) is 0 Å². The lowest BCUT2D eigenvalue weighted by atomic mass is 10.2. The molecule has 1 aromatic rings. The van der Waals surface area contributed by atoms with Gasteiger partial charge in [-0.25, -0.2) is 4.79 Å². The van der Waals surface area contributed by atoms with Crippen molar-refractivity contribution in [1.82, 2.24) is 4.73 Å². The third-order valence-electron chi connectivity index (χ3n) is 2.00. The molecule has 1 aromatic heterocycles. The van der Waals surface area contributed by atoms with Gasteiger partial charge in [0.1, 0.15) is 0 Å². The van der Waals surface area contributed by atoms with Gasteiger partial charge >= 0.3 is 12.1 Å². The highest BCUT2D eigenvalue weighted by atomic mass is 16.9. The zero-order chi connectivity index (χ0) is 14.6. The quantitative estimate of drug-likeness (QED) is 0.622. The molecule has 0 amide bonds. The first-order valence-electron chi connectivity index (χ1n) is 5.47. The first-order chi connectivity index (χ1) is 8.81. The molecule has 0 fully saturated rings. The summed E-state index contributed by atoms with van der Waals surface area (Å²) in [7, 11) is 0. The summed E-state index contributed by atoms with van der Waals surface area (Å²) in [6.45, 7) is 4.52. The molecular formula is C11H15NO7. The number of carbonyl (C=O) groups excluding carboxylic acids is 2. The molecule has 2 N–H and O–H groups in total. The van der Waals surface area contributed by atoms with E-state index in [1.165, 1.54) is 6.92 Å². The van der Waals surface area contributed by atoms with Gasteiger partial charge < -0.3 is 19.7 Å². The van der Waals surface area contributed by atoms with E-state index in [9.17, 15) is 19.8 Å². The van der Waals surface area contributed by atoms with Gasteiger partial charge in [-0.1, -0.05) is 13.8 Å². The van der Waals surface area contributed by atoms with Gasteiger partial charge in [0, 0.05) is 25.0 Å². The van der Waals surface area contributed by atoms with E-state index in [1.54, 1.807) is 13.8 Å². The molecule has 106 valence electrons. The smallest absolute Gasteiger partial charge is 0.492 e. The maximum absolute atomic E-state index is 11.4. The molecule has 0 aromatic carbocycles. The van der Waals surface area contributed by atoms with Gasteiger partial charge in [-0.05, 0) is 0 Å². The number of esters is 1. The summed E-state index contributed by atoms with van der Waals surface area (Å²) in [5, 5.41) is 18.5. The summed E-state index contributed by atoms with van der Waals surface area (Å²) in [5.74, 6) is -1.87. The van der Waals surface area contributed by atoms with E-state index in [0.29, 0.717) is 4.73 Å². The number of carbonyl (C=O) groups is 2. The second-order valence-corrected chi connectivity index (χ2v) is 4.03. The summed E-state index contributed by atoms with van der Waals surface area (Å²) in [4.78, 5) is 26.8. The van der Waals surface area contributed by atoms with Gasteiger partial charge in [0.05, 0.1) is 0 Å². The normalized spacial score (nSPS) is 12.0. The van der Waals surface area contributed by atoms with Crippen LogP contribution in [0.25, 0.3) is 0 Å². The molecule has 0 bridgehead atoms. The molecule has 1 heterocycles. The van der Waals surface area contributed by atoms with Gasteiger partial charge in [0.2, 0.25) is 11.8 Å². The van der Waals surface area contributed by atoms with Gasteiger partial charge in [-0.2, -0.15) is 0 Å². The minimum atomic E-state index is -1.23. The van der Waals surface area contributed by atoms with Crippen LogP contribution in [0.4, 0.5) is 4.79 Å². The second-order valence-electron chi connectivity index (χ2n) is 4.03. The molecule has 1 unspecified atom stereocenters. The van der Waals surface area contributed by atoms with Crippen molar-refractivity contribution in [2.75, 3.05) is 0 Å². The first kappa shape index (κ1) is 14.7. The zero-order valence-electron chi connectivity index (χ0n) is 10.7. The number of hydrogen-bond acceptors (Lipinski definition) is 7.